The third-order valence-corrected chi connectivity index (χ3v) is 5.49. The minimum atomic E-state index is -0.764. The number of benzene rings is 1. The van der Waals surface area contributed by atoms with Gasteiger partial charge in [-0.2, -0.15) is 0 Å². The number of carbonyl (C=O) groups is 2. The van der Waals surface area contributed by atoms with Crippen LogP contribution >= 0.6 is 0 Å². The highest BCUT2D eigenvalue weighted by Gasteiger charge is 2.44. The van der Waals surface area contributed by atoms with E-state index in [1.165, 1.54) is 0 Å². The van der Waals surface area contributed by atoms with Crippen molar-refractivity contribution < 1.29 is 14.7 Å². The summed E-state index contributed by atoms with van der Waals surface area (Å²) >= 11 is 0. The molecule has 0 aliphatic heterocycles. The number of carboxylic acids is 1. The molecule has 2 aromatic rings. The van der Waals surface area contributed by atoms with Crippen molar-refractivity contribution in [3.8, 4) is 0 Å². The highest BCUT2D eigenvalue weighted by Crippen LogP contribution is 2.49. The monoisotopic (exact) mass is 438 g/mol. The zero-order chi connectivity index (χ0) is 23.4. The molecule has 3 N–H and O–H groups in total. The van der Waals surface area contributed by atoms with Gasteiger partial charge in [0.15, 0.2) is 0 Å². The van der Waals surface area contributed by atoms with Gasteiger partial charge in [0, 0.05) is 18.8 Å². The van der Waals surface area contributed by atoms with Crippen LogP contribution in [0.3, 0.4) is 0 Å². The van der Waals surface area contributed by atoms with E-state index >= 15 is 0 Å². The van der Waals surface area contributed by atoms with Crippen molar-refractivity contribution in [2.45, 2.75) is 47.0 Å². The first-order valence-electron chi connectivity index (χ1n) is 11.3. The third-order valence-electron chi connectivity index (χ3n) is 5.49. The molecule has 1 aromatic heterocycles. The van der Waals surface area contributed by atoms with Gasteiger partial charge in [0.25, 0.3) is 0 Å². The summed E-state index contributed by atoms with van der Waals surface area (Å²) < 4.78 is 0. The molecular weight excluding hydrogens is 404 g/mol. The Balaban J connectivity index is 1.88. The third kappa shape index (κ3) is 6.22. The number of nitrogens with one attached hydrogen (secondary N) is 2. The van der Waals surface area contributed by atoms with E-state index in [2.05, 4.69) is 48.2 Å². The fraction of sp³-hybridized carbons (Fsp3) is 0.480. The molecule has 2 atom stereocenters. The van der Waals surface area contributed by atoms with E-state index < -0.39 is 5.97 Å². The van der Waals surface area contributed by atoms with Crippen molar-refractivity contribution in [2.24, 2.45) is 17.8 Å². The minimum absolute atomic E-state index is 0.00453. The molecule has 2 amide bonds. The number of carboxylic acid groups (broad SMARTS) is 1. The number of urea groups is 1. The van der Waals surface area contributed by atoms with Crippen molar-refractivity contribution in [1.29, 1.82) is 0 Å². The second-order valence-electron chi connectivity index (χ2n) is 9.52. The van der Waals surface area contributed by atoms with Crippen LogP contribution in [0, 0.1) is 24.7 Å². The van der Waals surface area contributed by atoms with Gasteiger partial charge in [-0.05, 0) is 60.9 Å². The molecule has 0 bridgehead atoms. The molecule has 0 radical (unpaired) electrons. The normalized spacial score (nSPS) is 17.3. The molecule has 7 heteroatoms. The number of aromatic nitrogens is 1. The molecule has 2 unspecified atom stereocenters. The van der Waals surface area contributed by atoms with Crippen LogP contribution in [0.4, 0.5) is 21.9 Å². The van der Waals surface area contributed by atoms with E-state index in [0.29, 0.717) is 29.6 Å². The van der Waals surface area contributed by atoms with Crippen LogP contribution in [0.1, 0.15) is 51.3 Å². The standard InChI is InChI=1S/C25H34N4O3/c1-15(2)13-29(14-16(3)4)23-9-7-18(20-11-21(20)24(30)31)10-22(23)28-25(32)27-19-8-6-17(5)26-12-19/h6-10,12,15-16,20-21H,11,13-14H2,1-5H3,(H,30,31)(H2,27,28,32). The second-order valence-corrected chi connectivity index (χ2v) is 9.52. The largest absolute Gasteiger partial charge is 0.481 e. The highest BCUT2D eigenvalue weighted by molar-refractivity contribution is 6.02. The molecule has 1 aliphatic rings. The van der Waals surface area contributed by atoms with Gasteiger partial charge in [0.2, 0.25) is 0 Å². The van der Waals surface area contributed by atoms with Crippen molar-refractivity contribution in [2.75, 3.05) is 28.6 Å². The maximum Gasteiger partial charge on any atom is 0.323 e. The van der Waals surface area contributed by atoms with E-state index in [1.54, 1.807) is 6.20 Å². The Hall–Kier alpha value is -3.09. The smallest absolute Gasteiger partial charge is 0.323 e. The Morgan fingerprint density at radius 1 is 1.09 bits per heavy atom. The molecule has 1 aromatic carbocycles. The lowest BCUT2D eigenvalue weighted by molar-refractivity contribution is -0.138. The van der Waals surface area contributed by atoms with Gasteiger partial charge in [-0.3, -0.25) is 9.78 Å². The lowest BCUT2D eigenvalue weighted by atomic mass is 10.0. The van der Waals surface area contributed by atoms with Crippen LogP contribution in [-0.2, 0) is 4.79 Å². The predicted octanol–water partition coefficient (Wildman–Crippen LogP) is 5.34. The van der Waals surface area contributed by atoms with Crippen LogP contribution in [-0.4, -0.2) is 35.2 Å². The molecule has 32 heavy (non-hydrogen) atoms. The lowest BCUT2D eigenvalue weighted by Gasteiger charge is -2.30. The van der Waals surface area contributed by atoms with Gasteiger partial charge in [-0.15, -0.1) is 0 Å². The van der Waals surface area contributed by atoms with E-state index in [-0.39, 0.29) is 17.9 Å². The number of hydrogen-bond donors (Lipinski definition) is 3. The van der Waals surface area contributed by atoms with Gasteiger partial charge in [-0.1, -0.05) is 33.8 Å². The number of nitrogens with zero attached hydrogens (tertiary/aromatic N) is 2. The molecule has 0 saturated heterocycles. The second kappa shape index (κ2) is 10.0. The number of pyridine rings is 1. The summed E-state index contributed by atoms with van der Waals surface area (Å²) in [4.78, 5) is 30.7. The van der Waals surface area contributed by atoms with Gasteiger partial charge in [0.05, 0.1) is 29.2 Å². The average molecular weight is 439 g/mol. The Morgan fingerprint density at radius 2 is 1.78 bits per heavy atom. The Morgan fingerprint density at radius 3 is 2.31 bits per heavy atom. The van der Waals surface area contributed by atoms with E-state index in [4.69, 9.17) is 0 Å². The fourth-order valence-electron chi connectivity index (χ4n) is 3.98. The average Bonchev–Trinajstić information content (AvgIpc) is 3.50. The number of aryl methyl sites for hydroxylation is 1. The summed E-state index contributed by atoms with van der Waals surface area (Å²) in [6.07, 6.45) is 2.26. The van der Waals surface area contributed by atoms with Gasteiger partial charge >= 0.3 is 12.0 Å². The summed E-state index contributed by atoms with van der Waals surface area (Å²) in [5.74, 6) is -0.208. The quantitative estimate of drug-likeness (QED) is 0.491. The molecule has 3 rings (SSSR count). The summed E-state index contributed by atoms with van der Waals surface area (Å²) in [5.41, 5.74) is 4.07. The van der Waals surface area contributed by atoms with Crippen molar-refractivity contribution in [3.63, 3.8) is 0 Å². The van der Waals surface area contributed by atoms with Crippen molar-refractivity contribution >= 4 is 29.1 Å². The molecule has 1 saturated carbocycles. The van der Waals surface area contributed by atoms with Gasteiger partial charge in [-0.25, -0.2) is 4.79 Å². The fourth-order valence-corrected chi connectivity index (χ4v) is 3.98. The minimum Gasteiger partial charge on any atom is -0.481 e. The van der Waals surface area contributed by atoms with Crippen LogP contribution < -0.4 is 15.5 Å². The Labute approximate surface area is 190 Å². The SMILES string of the molecule is Cc1ccc(NC(=O)Nc2cc(C3CC3C(=O)O)ccc2N(CC(C)C)CC(C)C)cn1. The number of amides is 2. The molecule has 7 nitrogen and oxygen atoms in total. The van der Waals surface area contributed by atoms with Crippen LogP contribution in [0.5, 0.6) is 0 Å². The molecule has 1 fully saturated rings. The molecule has 172 valence electrons. The van der Waals surface area contributed by atoms with E-state index in [1.807, 2.05) is 37.3 Å². The van der Waals surface area contributed by atoms with Crippen molar-refractivity contribution in [1.82, 2.24) is 4.98 Å². The summed E-state index contributed by atoms with van der Waals surface area (Å²) in [6.45, 7) is 12.3. The van der Waals surface area contributed by atoms with Crippen LogP contribution in [0.15, 0.2) is 36.5 Å². The van der Waals surface area contributed by atoms with Crippen LogP contribution in [0.25, 0.3) is 0 Å². The zero-order valence-electron chi connectivity index (χ0n) is 19.6. The van der Waals surface area contributed by atoms with Gasteiger partial charge in [0.1, 0.15) is 0 Å². The maximum absolute atomic E-state index is 12.8. The zero-order valence-corrected chi connectivity index (χ0v) is 19.6. The molecular formula is C25H34N4O3. The van der Waals surface area contributed by atoms with Gasteiger partial charge < -0.3 is 20.6 Å². The van der Waals surface area contributed by atoms with Crippen LogP contribution in [0.2, 0.25) is 0 Å². The number of aliphatic carboxylic acids is 1. The van der Waals surface area contributed by atoms with E-state index in [0.717, 1.165) is 30.0 Å². The topological polar surface area (TPSA) is 94.6 Å². The van der Waals surface area contributed by atoms with E-state index in [9.17, 15) is 14.7 Å². The maximum atomic E-state index is 12.8. The number of carbonyl (C=O) groups excluding carboxylic acids is 1. The summed E-state index contributed by atoms with van der Waals surface area (Å²) in [6, 6.07) is 9.25. The Kier molecular flexibility index (Phi) is 7.38. The predicted molar refractivity (Wildman–Crippen MR) is 128 cm³/mol. The molecule has 0 spiro atoms. The Bertz CT molecular complexity index is 946. The number of anilines is 3. The molecule has 1 aliphatic carbocycles. The van der Waals surface area contributed by atoms with Crippen molar-refractivity contribution in [3.05, 3.63) is 47.8 Å². The first-order valence-corrected chi connectivity index (χ1v) is 11.3. The first-order chi connectivity index (χ1) is 15.1. The highest BCUT2D eigenvalue weighted by atomic mass is 16.4. The lowest BCUT2D eigenvalue weighted by Crippen LogP contribution is -2.32. The summed E-state index contributed by atoms with van der Waals surface area (Å²) in [7, 11) is 0. The summed E-state index contributed by atoms with van der Waals surface area (Å²) in [5, 5.41) is 15.2. The number of rotatable bonds is 9. The molecule has 1 heterocycles. The first kappa shape index (κ1) is 23.6. The number of hydrogen-bond acceptors (Lipinski definition) is 4.